The fourth-order valence-electron chi connectivity index (χ4n) is 2.09. The first-order valence-corrected chi connectivity index (χ1v) is 6.49. The van der Waals surface area contributed by atoms with Crippen LogP contribution in [0.3, 0.4) is 0 Å². The topological polar surface area (TPSA) is 69.8 Å². The van der Waals surface area contributed by atoms with E-state index in [1.54, 1.807) is 7.11 Å². The van der Waals surface area contributed by atoms with Crippen LogP contribution in [0.15, 0.2) is 30.3 Å². The molecule has 0 heterocycles. The van der Waals surface area contributed by atoms with E-state index in [9.17, 15) is 4.79 Å². The predicted octanol–water partition coefficient (Wildman–Crippen LogP) is 2.93. The number of carbonyl (C=O) groups excluding carboxylic acids is 1. The second-order valence-corrected chi connectivity index (χ2v) is 4.77. The summed E-state index contributed by atoms with van der Waals surface area (Å²) in [5.41, 5.74) is 1.17. The number of benzene rings is 2. The van der Waals surface area contributed by atoms with Crippen LogP contribution in [-0.2, 0) is 11.2 Å². The Morgan fingerprint density at radius 3 is 2.67 bits per heavy atom. The van der Waals surface area contributed by atoms with Gasteiger partial charge in [-0.25, -0.2) is 0 Å². The lowest BCUT2D eigenvalue weighted by Gasteiger charge is -2.10. The van der Waals surface area contributed by atoms with Crippen molar-refractivity contribution in [3.8, 4) is 5.75 Å². The zero-order valence-corrected chi connectivity index (χ0v) is 14.4. The molecular weight excluding hydrogens is 358 g/mol. The maximum atomic E-state index is 10.9. The Morgan fingerprint density at radius 2 is 2.05 bits per heavy atom. The van der Waals surface area contributed by atoms with Crippen molar-refractivity contribution in [1.29, 1.82) is 0 Å². The van der Waals surface area contributed by atoms with Gasteiger partial charge in [0.15, 0.2) is 0 Å². The number of carbonyl (C=O) groups is 1. The van der Waals surface area contributed by atoms with Crippen LogP contribution in [0.5, 0.6) is 5.75 Å². The van der Waals surface area contributed by atoms with Gasteiger partial charge in [0, 0.05) is 13.5 Å². The minimum atomic E-state index is -0.0131. The molecule has 0 aliphatic carbocycles. The largest absolute Gasteiger partial charge is 0.495 e. The summed E-state index contributed by atoms with van der Waals surface area (Å²) in [6.07, 6.45) is 0.779. The van der Waals surface area contributed by atoms with E-state index in [1.165, 1.54) is 12.5 Å². The predicted molar refractivity (Wildman–Crippen MR) is 91.8 cm³/mol. The average Bonchev–Trinajstić information content (AvgIpc) is 2.37. The van der Waals surface area contributed by atoms with Crippen LogP contribution in [0.25, 0.3) is 10.8 Å². The van der Waals surface area contributed by atoms with Crippen molar-refractivity contribution in [2.24, 2.45) is 0 Å². The van der Waals surface area contributed by atoms with Crippen LogP contribution in [0, 0.1) is 0 Å². The maximum Gasteiger partial charge on any atom is 0.216 e. The third-order valence-electron chi connectivity index (χ3n) is 3.01. The van der Waals surface area contributed by atoms with Gasteiger partial charge >= 0.3 is 0 Å². The number of methoxy groups -OCH3 is 1. The number of fused-ring (bicyclic) bond motifs is 1. The Labute approximate surface area is 139 Å². The van der Waals surface area contributed by atoms with Crippen LogP contribution >= 0.6 is 28.6 Å². The molecule has 6 heteroatoms. The van der Waals surface area contributed by atoms with Crippen LogP contribution in [0.1, 0.15) is 12.5 Å². The zero-order valence-electron chi connectivity index (χ0n) is 11.9. The van der Waals surface area contributed by atoms with E-state index in [-0.39, 0.29) is 28.4 Å². The van der Waals surface area contributed by atoms with E-state index in [0.717, 1.165) is 17.2 Å². The summed E-state index contributed by atoms with van der Waals surface area (Å²) < 4.78 is 5.25. The molecular formula is C15H19BrClNO3. The molecule has 0 aromatic heterocycles. The molecule has 0 bridgehead atoms. The van der Waals surface area contributed by atoms with Crippen LogP contribution in [0.4, 0.5) is 0 Å². The molecule has 2 aromatic rings. The summed E-state index contributed by atoms with van der Waals surface area (Å²) in [5.74, 6) is 0.655. The third kappa shape index (κ3) is 4.88. The molecule has 21 heavy (non-hydrogen) atoms. The van der Waals surface area contributed by atoms with E-state index >= 15 is 0 Å². The van der Waals surface area contributed by atoms with Crippen molar-refractivity contribution in [2.45, 2.75) is 13.3 Å². The Balaban J connectivity index is 0.00000200. The summed E-state index contributed by atoms with van der Waals surface area (Å²) in [7, 11) is 1.60. The lowest BCUT2D eigenvalue weighted by atomic mass is 10.0. The molecule has 0 atom stereocenters. The first-order chi connectivity index (χ1) is 9.11. The number of amides is 1. The van der Waals surface area contributed by atoms with Gasteiger partial charge in [0.05, 0.1) is 12.1 Å². The van der Waals surface area contributed by atoms with E-state index in [1.807, 2.05) is 24.3 Å². The fourth-order valence-corrected chi connectivity index (χ4v) is 2.34. The second-order valence-electron chi connectivity index (χ2n) is 4.36. The molecule has 1 amide bonds. The minimum absolute atomic E-state index is 0. The highest BCUT2D eigenvalue weighted by molar-refractivity contribution is 8.93. The molecule has 3 N–H and O–H groups in total. The zero-order chi connectivity index (χ0) is 13.8. The molecule has 116 valence electrons. The van der Waals surface area contributed by atoms with Crippen LogP contribution in [0.2, 0.25) is 5.02 Å². The molecule has 2 aromatic carbocycles. The molecule has 4 nitrogen and oxygen atoms in total. The van der Waals surface area contributed by atoms with Gasteiger partial charge in [-0.3, -0.25) is 4.79 Å². The third-order valence-corrected chi connectivity index (χ3v) is 3.31. The number of ether oxygens (including phenoxy) is 1. The SMILES string of the molecule is Br.COc1cc2c(CCNC(C)=O)cccc2cc1Cl.O. The number of hydrogen-bond acceptors (Lipinski definition) is 2. The standard InChI is InChI=1S/C15H16ClNO2.BrH.H2O/c1-10(18)17-7-6-11-4-3-5-12-8-14(16)15(19-2)9-13(11)12;;/h3-5,8-9H,6-7H2,1-2H3,(H,17,18);1H;1H2. The number of nitrogens with one attached hydrogen (secondary N) is 1. The number of hydrogen-bond donors (Lipinski definition) is 1. The second kappa shape index (κ2) is 8.87. The van der Waals surface area contributed by atoms with Gasteiger partial charge in [0.2, 0.25) is 5.91 Å². The monoisotopic (exact) mass is 375 g/mol. The van der Waals surface area contributed by atoms with Gasteiger partial charge < -0.3 is 15.5 Å². The van der Waals surface area contributed by atoms with E-state index in [0.29, 0.717) is 17.3 Å². The summed E-state index contributed by atoms with van der Waals surface area (Å²) in [6.45, 7) is 2.14. The summed E-state index contributed by atoms with van der Waals surface area (Å²) in [6, 6.07) is 9.91. The van der Waals surface area contributed by atoms with Crippen molar-refractivity contribution in [3.63, 3.8) is 0 Å². The Hall–Kier alpha value is -1.30. The number of halogens is 2. The lowest BCUT2D eigenvalue weighted by Crippen LogP contribution is -2.22. The van der Waals surface area contributed by atoms with Crippen molar-refractivity contribution < 1.29 is 15.0 Å². The number of rotatable bonds is 4. The van der Waals surface area contributed by atoms with Gasteiger partial charge in [0.1, 0.15) is 5.75 Å². The van der Waals surface area contributed by atoms with E-state index < -0.39 is 0 Å². The minimum Gasteiger partial charge on any atom is -0.495 e. The quantitative estimate of drug-likeness (QED) is 0.891. The summed E-state index contributed by atoms with van der Waals surface area (Å²) in [4.78, 5) is 10.9. The molecule has 0 unspecified atom stereocenters. The molecule has 0 spiro atoms. The molecule has 0 saturated heterocycles. The fraction of sp³-hybridized carbons (Fsp3) is 0.267. The van der Waals surface area contributed by atoms with Crippen LogP contribution in [-0.4, -0.2) is 25.0 Å². The lowest BCUT2D eigenvalue weighted by molar-refractivity contribution is -0.118. The van der Waals surface area contributed by atoms with Crippen molar-refractivity contribution in [3.05, 3.63) is 40.9 Å². The van der Waals surface area contributed by atoms with Gasteiger partial charge in [-0.15, -0.1) is 17.0 Å². The van der Waals surface area contributed by atoms with Crippen molar-refractivity contribution in [1.82, 2.24) is 5.32 Å². The normalized spacial score (nSPS) is 9.48. The van der Waals surface area contributed by atoms with Crippen molar-refractivity contribution >= 4 is 45.3 Å². The molecule has 0 aliphatic heterocycles. The van der Waals surface area contributed by atoms with Gasteiger partial charge in [-0.05, 0) is 34.9 Å². The Bertz CT molecular complexity index is 619. The summed E-state index contributed by atoms with van der Waals surface area (Å²) in [5, 5.41) is 5.59. The molecule has 2 rings (SSSR count). The van der Waals surface area contributed by atoms with Crippen molar-refractivity contribution in [2.75, 3.05) is 13.7 Å². The molecule has 0 fully saturated rings. The Morgan fingerprint density at radius 1 is 1.33 bits per heavy atom. The average molecular weight is 377 g/mol. The highest BCUT2D eigenvalue weighted by Gasteiger charge is 2.07. The smallest absolute Gasteiger partial charge is 0.216 e. The highest BCUT2D eigenvalue weighted by Crippen LogP contribution is 2.31. The molecule has 0 aliphatic rings. The first-order valence-electron chi connectivity index (χ1n) is 6.11. The maximum absolute atomic E-state index is 10.9. The highest BCUT2D eigenvalue weighted by atomic mass is 79.9. The van der Waals surface area contributed by atoms with E-state index in [2.05, 4.69) is 11.4 Å². The van der Waals surface area contributed by atoms with E-state index in [4.69, 9.17) is 16.3 Å². The van der Waals surface area contributed by atoms with Gasteiger partial charge in [-0.2, -0.15) is 0 Å². The summed E-state index contributed by atoms with van der Waals surface area (Å²) >= 11 is 6.12. The van der Waals surface area contributed by atoms with Gasteiger partial charge in [-0.1, -0.05) is 29.8 Å². The molecule has 0 saturated carbocycles. The van der Waals surface area contributed by atoms with Gasteiger partial charge in [0.25, 0.3) is 0 Å². The van der Waals surface area contributed by atoms with Crippen LogP contribution < -0.4 is 10.1 Å². The molecule has 0 radical (unpaired) electrons. The Kier molecular flexibility index (Phi) is 8.32. The first kappa shape index (κ1) is 19.7.